The van der Waals surface area contributed by atoms with E-state index in [9.17, 15) is 14.4 Å². The first kappa shape index (κ1) is 12.5. The highest BCUT2D eigenvalue weighted by Crippen LogP contribution is 2.22. The molecule has 0 spiro atoms. The lowest BCUT2D eigenvalue weighted by molar-refractivity contribution is -0.147. The lowest BCUT2D eigenvalue weighted by Crippen LogP contribution is -2.14. The quantitative estimate of drug-likeness (QED) is 0.599. The molecule has 94 valence electrons. The van der Waals surface area contributed by atoms with Crippen molar-refractivity contribution in [3.05, 3.63) is 35.9 Å². The second kappa shape index (κ2) is 5.58. The molecule has 4 heteroatoms. The van der Waals surface area contributed by atoms with E-state index in [4.69, 9.17) is 4.74 Å². The van der Waals surface area contributed by atoms with Gasteiger partial charge in [0.05, 0.1) is 12.8 Å². The standard InChI is InChI=1S/C14H14O4/c15-12-6-11(13(16)8-12)7-14(17)18-9-10-4-2-1-3-5-10/h1-5,11H,6-9H2. The van der Waals surface area contributed by atoms with E-state index in [1.54, 1.807) is 0 Å². The van der Waals surface area contributed by atoms with Crippen LogP contribution in [-0.2, 0) is 25.7 Å². The summed E-state index contributed by atoms with van der Waals surface area (Å²) in [6.45, 7) is 0.203. The van der Waals surface area contributed by atoms with Crippen LogP contribution in [0.1, 0.15) is 24.8 Å². The zero-order valence-corrected chi connectivity index (χ0v) is 9.93. The van der Waals surface area contributed by atoms with E-state index in [1.807, 2.05) is 30.3 Å². The molecule has 0 heterocycles. The van der Waals surface area contributed by atoms with Crippen LogP contribution in [0, 0.1) is 5.92 Å². The molecular formula is C14H14O4. The minimum absolute atomic E-state index is 0.0113. The van der Waals surface area contributed by atoms with Gasteiger partial charge in [-0.2, -0.15) is 0 Å². The first-order valence-corrected chi connectivity index (χ1v) is 5.89. The van der Waals surface area contributed by atoms with E-state index in [0.717, 1.165) is 5.56 Å². The van der Waals surface area contributed by atoms with Crippen LogP contribution in [0.5, 0.6) is 0 Å². The number of rotatable bonds is 4. The molecule has 0 saturated heterocycles. The number of ketones is 2. The van der Waals surface area contributed by atoms with E-state index < -0.39 is 11.9 Å². The van der Waals surface area contributed by atoms with Crippen molar-refractivity contribution in [2.45, 2.75) is 25.9 Å². The van der Waals surface area contributed by atoms with Crippen LogP contribution < -0.4 is 0 Å². The summed E-state index contributed by atoms with van der Waals surface area (Å²) in [6.07, 6.45) is 0.160. The zero-order chi connectivity index (χ0) is 13.0. The molecule has 0 aromatic heterocycles. The second-order valence-corrected chi connectivity index (χ2v) is 4.43. The first-order valence-electron chi connectivity index (χ1n) is 5.89. The summed E-state index contributed by atoms with van der Waals surface area (Å²) >= 11 is 0. The van der Waals surface area contributed by atoms with E-state index in [0.29, 0.717) is 0 Å². The minimum atomic E-state index is -0.472. The lowest BCUT2D eigenvalue weighted by atomic mass is 10.0. The normalized spacial score (nSPS) is 19.0. The maximum atomic E-state index is 11.5. The van der Waals surface area contributed by atoms with Crippen LogP contribution in [0.3, 0.4) is 0 Å². The molecule has 1 aromatic rings. The van der Waals surface area contributed by atoms with E-state index in [2.05, 4.69) is 0 Å². The molecule has 4 nitrogen and oxygen atoms in total. The van der Waals surface area contributed by atoms with Crippen LogP contribution in [0.2, 0.25) is 0 Å². The molecule has 0 bridgehead atoms. The van der Waals surface area contributed by atoms with Gasteiger partial charge >= 0.3 is 5.97 Å². The fourth-order valence-corrected chi connectivity index (χ4v) is 1.98. The third-order valence-electron chi connectivity index (χ3n) is 2.96. The van der Waals surface area contributed by atoms with Crippen molar-refractivity contribution in [2.24, 2.45) is 5.92 Å². The van der Waals surface area contributed by atoms with Crippen LogP contribution in [0.25, 0.3) is 0 Å². The maximum absolute atomic E-state index is 11.5. The Kier molecular flexibility index (Phi) is 3.87. The SMILES string of the molecule is O=C1CC(=O)C(CC(=O)OCc2ccccc2)C1. The Labute approximate surface area is 105 Å². The molecule has 18 heavy (non-hydrogen) atoms. The van der Waals surface area contributed by atoms with Gasteiger partial charge in [-0.1, -0.05) is 30.3 Å². The highest BCUT2D eigenvalue weighted by atomic mass is 16.5. The van der Waals surface area contributed by atoms with E-state index in [-0.39, 0.29) is 37.4 Å². The van der Waals surface area contributed by atoms with Gasteiger partial charge in [0.2, 0.25) is 0 Å². The molecule has 1 unspecified atom stereocenters. The lowest BCUT2D eigenvalue weighted by Gasteiger charge is -2.07. The van der Waals surface area contributed by atoms with Crippen molar-refractivity contribution < 1.29 is 19.1 Å². The van der Waals surface area contributed by atoms with Gasteiger partial charge in [0.1, 0.15) is 18.2 Å². The summed E-state index contributed by atoms with van der Waals surface area (Å²) in [4.78, 5) is 34.0. The van der Waals surface area contributed by atoms with Crippen molar-refractivity contribution in [2.75, 3.05) is 0 Å². The second-order valence-electron chi connectivity index (χ2n) is 4.43. The maximum Gasteiger partial charge on any atom is 0.306 e. The Balaban J connectivity index is 1.79. The molecule has 2 rings (SSSR count). The summed E-state index contributed by atoms with van der Waals surface area (Å²) in [7, 11) is 0. The number of ether oxygens (including phenoxy) is 1. The van der Waals surface area contributed by atoms with Gasteiger partial charge in [-0.25, -0.2) is 0 Å². The topological polar surface area (TPSA) is 60.4 Å². The monoisotopic (exact) mass is 246 g/mol. The Hall–Kier alpha value is -1.97. The zero-order valence-electron chi connectivity index (χ0n) is 9.93. The first-order chi connectivity index (χ1) is 8.65. The summed E-state index contributed by atoms with van der Waals surface area (Å²) in [6, 6.07) is 9.33. The highest BCUT2D eigenvalue weighted by molar-refractivity contribution is 6.07. The van der Waals surface area contributed by atoms with E-state index >= 15 is 0 Å². The fourth-order valence-electron chi connectivity index (χ4n) is 1.98. The molecule has 1 aliphatic rings. The molecule has 1 atom stereocenters. The molecule has 0 amide bonds. The van der Waals surface area contributed by atoms with Crippen molar-refractivity contribution in [3.63, 3.8) is 0 Å². The molecule has 1 aromatic carbocycles. The number of hydrogen-bond donors (Lipinski definition) is 0. The summed E-state index contributed by atoms with van der Waals surface area (Å²) < 4.78 is 5.07. The number of hydrogen-bond acceptors (Lipinski definition) is 4. The average molecular weight is 246 g/mol. The molecule has 1 aliphatic carbocycles. The van der Waals surface area contributed by atoms with Gasteiger partial charge in [-0.3, -0.25) is 14.4 Å². The summed E-state index contributed by atoms with van der Waals surface area (Å²) in [5.74, 6) is -1.12. The predicted molar refractivity (Wildman–Crippen MR) is 63.6 cm³/mol. The number of Topliss-reactive ketones (excluding diaryl/α,β-unsaturated/α-hetero) is 2. The molecular weight excluding hydrogens is 232 g/mol. The average Bonchev–Trinajstić information content (AvgIpc) is 2.67. The van der Waals surface area contributed by atoms with E-state index in [1.165, 1.54) is 0 Å². The summed E-state index contributed by atoms with van der Waals surface area (Å²) in [5.41, 5.74) is 0.902. The Bertz CT molecular complexity index is 464. The smallest absolute Gasteiger partial charge is 0.306 e. The Morgan fingerprint density at radius 3 is 2.56 bits per heavy atom. The predicted octanol–water partition coefficient (Wildman–Crippen LogP) is 1.67. The highest BCUT2D eigenvalue weighted by Gasteiger charge is 2.32. The fraction of sp³-hybridized carbons (Fsp3) is 0.357. The third kappa shape index (κ3) is 3.26. The van der Waals surface area contributed by atoms with Gasteiger partial charge in [-0.05, 0) is 5.56 Å². The van der Waals surface area contributed by atoms with Gasteiger partial charge in [0, 0.05) is 12.3 Å². The molecule has 0 aliphatic heterocycles. The minimum Gasteiger partial charge on any atom is -0.461 e. The van der Waals surface area contributed by atoms with Crippen molar-refractivity contribution in [3.8, 4) is 0 Å². The van der Waals surface area contributed by atoms with Crippen molar-refractivity contribution in [1.29, 1.82) is 0 Å². The van der Waals surface area contributed by atoms with Crippen LogP contribution in [-0.4, -0.2) is 17.5 Å². The van der Waals surface area contributed by atoms with Gasteiger partial charge in [0.25, 0.3) is 0 Å². The molecule has 0 radical (unpaired) electrons. The number of carbonyl (C=O) groups is 3. The van der Waals surface area contributed by atoms with Crippen molar-refractivity contribution in [1.82, 2.24) is 0 Å². The number of benzene rings is 1. The molecule has 1 saturated carbocycles. The van der Waals surface area contributed by atoms with Gasteiger partial charge in [-0.15, -0.1) is 0 Å². The van der Waals surface area contributed by atoms with Gasteiger partial charge < -0.3 is 4.74 Å². The summed E-state index contributed by atoms with van der Waals surface area (Å²) in [5, 5.41) is 0. The van der Waals surface area contributed by atoms with Crippen LogP contribution in [0.15, 0.2) is 30.3 Å². The van der Waals surface area contributed by atoms with Gasteiger partial charge in [0.15, 0.2) is 0 Å². The Morgan fingerprint density at radius 2 is 1.94 bits per heavy atom. The van der Waals surface area contributed by atoms with Crippen LogP contribution >= 0.6 is 0 Å². The molecule has 0 N–H and O–H groups in total. The Morgan fingerprint density at radius 1 is 1.22 bits per heavy atom. The largest absolute Gasteiger partial charge is 0.461 e. The molecule has 1 fully saturated rings. The van der Waals surface area contributed by atoms with Crippen LogP contribution in [0.4, 0.5) is 0 Å². The van der Waals surface area contributed by atoms with Crippen molar-refractivity contribution >= 4 is 17.5 Å². The number of esters is 1. The number of carbonyl (C=O) groups excluding carboxylic acids is 3. The third-order valence-corrected chi connectivity index (χ3v) is 2.96.